The third-order valence-electron chi connectivity index (χ3n) is 4.42. The van der Waals surface area contributed by atoms with Crippen LogP contribution < -0.4 is 10.6 Å². The molecule has 5 nitrogen and oxygen atoms in total. The molecule has 0 spiro atoms. The van der Waals surface area contributed by atoms with Gasteiger partial charge in [0.05, 0.1) is 17.8 Å². The van der Waals surface area contributed by atoms with E-state index in [2.05, 4.69) is 22.5 Å². The second-order valence-corrected chi connectivity index (χ2v) is 7.12. The van der Waals surface area contributed by atoms with E-state index < -0.39 is 0 Å². The summed E-state index contributed by atoms with van der Waals surface area (Å²) < 4.78 is 0. The zero-order valence-electron chi connectivity index (χ0n) is 14.7. The predicted octanol–water partition coefficient (Wildman–Crippen LogP) is 3.87. The number of carbonyl (C=O) groups excluding carboxylic acids is 2. The number of rotatable bonds is 5. The number of anilines is 2. The zero-order chi connectivity index (χ0) is 18.5. The van der Waals surface area contributed by atoms with Crippen molar-refractivity contribution < 1.29 is 9.59 Å². The maximum absolute atomic E-state index is 12.6. The van der Waals surface area contributed by atoms with Crippen molar-refractivity contribution in [2.45, 2.75) is 13.3 Å². The SMILES string of the molecule is CC1CCN(CC(=O)Nc2ccccc2C(=O)Nc2ccc(Cl)cc2)C1. The van der Waals surface area contributed by atoms with Crippen molar-refractivity contribution in [1.29, 1.82) is 0 Å². The van der Waals surface area contributed by atoms with E-state index in [4.69, 9.17) is 11.6 Å². The summed E-state index contributed by atoms with van der Waals surface area (Å²) in [5, 5.41) is 6.29. The highest BCUT2D eigenvalue weighted by molar-refractivity contribution is 6.30. The van der Waals surface area contributed by atoms with Gasteiger partial charge >= 0.3 is 0 Å². The first-order valence-corrected chi connectivity index (χ1v) is 9.07. The molecule has 2 aromatic carbocycles. The number of likely N-dealkylation sites (tertiary alicyclic amines) is 1. The topological polar surface area (TPSA) is 61.4 Å². The van der Waals surface area contributed by atoms with E-state index in [0.29, 0.717) is 34.4 Å². The largest absolute Gasteiger partial charge is 0.324 e. The molecule has 0 bridgehead atoms. The van der Waals surface area contributed by atoms with Crippen molar-refractivity contribution in [3.05, 3.63) is 59.1 Å². The Morgan fingerprint density at radius 3 is 2.54 bits per heavy atom. The molecule has 1 saturated heterocycles. The number of hydrogen-bond donors (Lipinski definition) is 2. The van der Waals surface area contributed by atoms with Gasteiger partial charge in [-0.25, -0.2) is 0 Å². The summed E-state index contributed by atoms with van der Waals surface area (Å²) in [6.45, 7) is 4.41. The van der Waals surface area contributed by atoms with Crippen LogP contribution in [0.3, 0.4) is 0 Å². The standard InChI is InChI=1S/C20H22ClN3O2/c1-14-10-11-24(12-14)13-19(25)23-18-5-3-2-4-17(18)20(26)22-16-8-6-15(21)7-9-16/h2-9,14H,10-13H2,1H3,(H,22,26)(H,23,25). The van der Waals surface area contributed by atoms with Crippen LogP contribution in [0, 0.1) is 5.92 Å². The minimum absolute atomic E-state index is 0.106. The Labute approximate surface area is 158 Å². The molecule has 136 valence electrons. The van der Waals surface area contributed by atoms with Gasteiger partial charge in [0.1, 0.15) is 0 Å². The van der Waals surface area contributed by atoms with Gasteiger partial charge in [0, 0.05) is 17.3 Å². The molecule has 2 aromatic rings. The van der Waals surface area contributed by atoms with E-state index in [9.17, 15) is 9.59 Å². The first-order valence-electron chi connectivity index (χ1n) is 8.69. The van der Waals surface area contributed by atoms with Crippen LogP contribution in [0.1, 0.15) is 23.7 Å². The third-order valence-corrected chi connectivity index (χ3v) is 4.68. The molecule has 0 aromatic heterocycles. The van der Waals surface area contributed by atoms with Crippen molar-refractivity contribution in [3.63, 3.8) is 0 Å². The lowest BCUT2D eigenvalue weighted by Gasteiger charge is -2.16. The summed E-state index contributed by atoms with van der Waals surface area (Å²) in [4.78, 5) is 27.1. The van der Waals surface area contributed by atoms with E-state index in [1.54, 1.807) is 48.5 Å². The molecule has 1 aliphatic heterocycles. The predicted molar refractivity (Wildman–Crippen MR) is 105 cm³/mol. The van der Waals surface area contributed by atoms with Gasteiger partial charge in [-0.15, -0.1) is 0 Å². The Morgan fingerprint density at radius 1 is 1.12 bits per heavy atom. The van der Waals surface area contributed by atoms with Gasteiger partial charge in [-0.2, -0.15) is 0 Å². The van der Waals surface area contributed by atoms with E-state index in [1.165, 1.54) is 0 Å². The number of nitrogens with one attached hydrogen (secondary N) is 2. The molecular weight excluding hydrogens is 350 g/mol. The maximum atomic E-state index is 12.6. The zero-order valence-corrected chi connectivity index (χ0v) is 15.4. The summed E-state index contributed by atoms with van der Waals surface area (Å²) in [5.41, 5.74) is 1.58. The van der Waals surface area contributed by atoms with Crippen molar-refractivity contribution in [2.24, 2.45) is 5.92 Å². The Balaban J connectivity index is 1.66. The average Bonchev–Trinajstić information content (AvgIpc) is 3.02. The minimum Gasteiger partial charge on any atom is -0.324 e. The van der Waals surface area contributed by atoms with Crippen LogP contribution in [-0.4, -0.2) is 36.3 Å². The monoisotopic (exact) mass is 371 g/mol. The highest BCUT2D eigenvalue weighted by atomic mass is 35.5. The fourth-order valence-corrected chi connectivity index (χ4v) is 3.21. The summed E-state index contributed by atoms with van der Waals surface area (Å²) in [5.74, 6) is 0.240. The van der Waals surface area contributed by atoms with Crippen molar-refractivity contribution in [1.82, 2.24) is 4.90 Å². The van der Waals surface area contributed by atoms with E-state index in [0.717, 1.165) is 19.5 Å². The van der Waals surface area contributed by atoms with Gasteiger partial charge in [0.2, 0.25) is 5.91 Å². The smallest absolute Gasteiger partial charge is 0.257 e. The number of nitrogens with zero attached hydrogens (tertiary/aromatic N) is 1. The van der Waals surface area contributed by atoms with Crippen LogP contribution in [-0.2, 0) is 4.79 Å². The lowest BCUT2D eigenvalue weighted by atomic mass is 10.1. The summed E-state index contributed by atoms with van der Waals surface area (Å²) >= 11 is 5.86. The molecule has 1 atom stereocenters. The molecule has 2 N–H and O–H groups in total. The first kappa shape index (κ1) is 18.4. The van der Waals surface area contributed by atoms with Crippen molar-refractivity contribution >= 4 is 34.8 Å². The first-order chi connectivity index (χ1) is 12.5. The van der Waals surface area contributed by atoms with Crippen LogP contribution in [0.2, 0.25) is 5.02 Å². The molecule has 26 heavy (non-hydrogen) atoms. The Kier molecular flexibility index (Phi) is 5.91. The maximum Gasteiger partial charge on any atom is 0.257 e. The van der Waals surface area contributed by atoms with Crippen LogP contribution in [0.25, 0.3) is 0 Å². The number of carbonyl (C=O) groups is 2. The molecule has 0 aliphatic carbocycles. The average molecular weight is 372 g/mol. The normalized spacial score (nSPS) is 17.1. The highest BCUT2D eigenvalue weighted by Crippen LogP contribution is 2.20. The Bertz CT molecular complexity index is 792. The van der Waals surface area contributed by atoms with Crippen LogP contribution in [0.4, 0.5) is 11.4 Å². The third kappa shape index (κ3) is 4.84. The quantitative estimate of drug-likeness (QED) is 0.838. The molecule has 3 rings (SSSR count). The number of halogens is 1. The van der Waals surface area contributed by atoms with E-state index in [-0.39, 0.29) is 11.8 Å². The highest BCUT2D eigenvalue weighted by Gasteiger charge is 2.21. The van der Waals surface area contributed by atoms with Crippen LogP contribution in [0.5, 0.6) is 0 Å². The van der Waals surface area contributed by atoms with Crippen molar-refractivity contribution in [3.8, 4) is 0 Å². The molecular formula is C20H22ClN3O2. The lowest BCUT2D eigenvalue weighted by Crippen LogP contribution is -2.32. The van der Waals surface area contributed by atoms with Crippen LogP contribution >= 0.6 is 11.6 Å². The van der Waals surface area contributed by atoms with Gasteiger partial charge in [0.25, 0.3) is 5.91 Å². The number of para-hydroxylation sites is 1. The van der Waals surface area contributed by atoms with E-state index >= 15 is 0 Å². The summed E-state index contributed by atoms with van der Waals surface area (Å²) in [6.07, 6.45) is 1.12. The Hall–Kier alpha value is -2.37. The van der Waals surface area contributed by atoms with Gasteiger partial charge < -0.3 is 10.6 Å². The summed E-state index contributed by atoms with van der Waals surface area (Å²) in [7, 11) is 0. The minimum atomic E-state index is -0.280. The second-order valence-electron chi connectivity index (χ2n) is 6.68. The fraction of sp³-hybridized carbons (Fsp3) is 0.300. The van der Waals surface area contributed by atoms with Gasteiger partial charge in [0.15, 0.2) is 0 Å². The molecule has 1 aliphatic rings. The summed E-state index contributed by atoms with van der Waals surface area (Å²) in [6, 6.07) is 13.9. The molecule has 1 fully saturated rings. The van der Waals surface area contributed by atoms with Gasteiger partial charge in [-0.1, -0.05) is 30.7 Å². The van der Waals surface area contributed by atoms with Crippen molar-refractivity contribution in [2.75, 3.05) is 30.3 Å². The number of hydrogen-bond acceptors (Lipinski definition) is 3. The molecule has 0 saturated carbocycles. The molecule has 1 heterocycles. The number of amides is 2. The number of benzene rings is 2. The van der Waals surface area contributed by atoms with Crippen LogP contribution in [0.15, 0.2) is 48.5 Å². The molecule has 1 unspecified atom stereocenters. The van der Waals surface area contributed by atoms with Gasteiger partial charge in [-0.05, 0) is 55.3 Å². The fourth-order valence-electron chi connectivity index (χ4n) is 3.08. The second kappa shape index (κ2) is 8.34. The van der Waals surface area contributed by atoms with Gasteiger partial charge in [-0.3, -0.25) is 14.5 Å². The lowest BCUT2D eigenvalue weighted by molar-refractivity contribution is -0.117. The molecule has 0 radical (unpaired) electrons. The molecule has 2 amide bonds. The Morgan fingerprint density at radius 2 is 1.85 bits per heavy atom. The van der Waals surface area contributed by atoms with E-state index in [1.807, 2.05) is 0 Å². The molecule has 6 heteroatoms.